The first kappa shape index (κ1) is 14.9. The van der Waals surface area contributed by atoms with Crippen LogP contribution in [0.2, 0.25) is 0 Å². The monoisotopic (exact) mass is 274 g/mol. The van der Waals surface area contributed by atoms with Crippen molar-refractivity contribution in [1.82, 2.24) is 5.32 Å². The molecule has 2 N–H and O–H groups in total. The third-order valence-corrected chi connectivity index (χ3v) is 4.12. The van der Waals surface area contributed by atoms with Crippen LogP contribution in [-0.2, 0) is 0 Å². The predicted octanol–water partition coefficient (Wildman–Crippen LogP) is 3.74. The SMILES string of the molecule is CCCNc1ccc(C(=O)NCCC2CCC2)cc1C. The molecular weight excluding hydrogens is 248 g/mol. The van der Waals surface area contributed by atoms with Crippen molar-refractivity contribution in [1.29, 1.82) is 0 Å². The molecule has 0 aliphatic heterocycles. The molecule has 1 amide bonds. The lowest BCUT2D eigenvalue weighted by Crippen LogP contribution is -2.27. The fourth-order valence-corrected chi connectivity index (χ4v) is 2.54. The van der Waals surface area contributed by atoms with E-state index in [1.807, 2.05) is 25.1 Å². The summed E-state index contributed by atoms with van der Waals surface area (Å²) in [6, 6.07) is 5.88. The average molecular weight is 274 g/mol. The second-order valence-electron chi connectivity index (χ2n) is 5.80. The summed E-state index contributed by atoms with van der Waals surface area (Å²) in [7, 11) is 0. The van der Waals surface area contributed by atoms with Gasteiger partial charge in [-0.2, -0.15) is 0 Å². The molecule has 3 heteroatoms. The Morgan fingerprint density at radius 2 is 2.10 bits per heavy atom. The Balaban J connectivity index is 1.84. The van der Waals surface area contributed by atoms with Gasteiger partial charge in [-0.05, 0) is 49.4 Å². The van der Waals surface area contributed by atoms with E-state index in [2.05, 4.69) is 17.6 Å². The molecule has 3 nitrogen and oxygen atoms in total. The molecule has 110 valence electrons. The molecular formula is C17H26N2O. The molecule has 1 aromatic rings. The van der Waals surface area contributed by atoms with Crippen molar-refractivity contribution in [3.8, 4) is 0 Å². The number of carbonyl (C=O) groups is 1. The van der Waals surface area contributed by atoms with Gasteiger partial charge in [0.2, 0.25) is 0 Å². The van der Waals surface area contributed by atoms with Crippen LogP contribution in [0, 0.1) is 12.8 Å². The van der Waals surface area contributed by atoms with Crippen LogP contribution in [0.5, 0.6) is 0 Å². The molecule has 20 heavy (non-hydrogen) atoms. The Kier molecular flexibility index (Phi) is 5.45. The molecule has 1 saturated carbocycles. The minimum Gasteiger partial charge on any atom is -0.385 e. The van der Waals surface area contributed by atoms with Gasteiger partial charge in [-0.25, -0.2) is 0 Å². The summed E-state index contributed by atoms with van der Waals surface area (Å²) in [6.45, 7) is 5.96. The zero-order chi connectivity index (χ0) is 14.4. The largest absolute Gasteiger partial charge is 0.385 e. The van der Waals surface area contributed by atoms with Crippen molar-refractivity contribution in [2.75, 3.05) is 18.4 Å². The van der Waals surface area contributed by atoms with Crippen LogP contribution in [0.15, 0.2) is 18.2 Å². The number of anilines is 1. The van der Waals surface area contributed by atoms with Crippen LogP contribution in [0.1, 0.15) is 54.9 Å². The van der Waals surface area contributed by atoms with E-state index < -0.39 is 0 Å². The summed E-state index contributed by atoms with van der Waals surface area (Å²) in [4.78, 5) is 12.1. The zero-order valence-electron chi connectivity index (χ0n) is 12.7. The number of hydrogen-bond acceptors (Lipinski definition) is 2. The molecule has 0 aromatic heterocycles. The van der Waals surface area contributed by atoms with E-state index in [0.717, 1.165) is 48.7 Å². The van der Waals surface area contributed by atoms with Gasteiger partial charge in [-0.15, -0.1) is 0 Å². The smallest absolute Gasteiger partial charge is 0.251 e. The highest BCUT2D eigenvalue weighted by atomic mass is 16.1. The number of hydrogen-bond donors (Lipinski definition) is 2. The molecule has 1 aliphatic carbocycles. The van der Waals surface area contributed by atoms with Gasteiger partial charge in [0.25, 0.3) is 5.91 Å². The molecule has 0 heterocycles. The van der Waals surface area contributed by atoms with Crippen molar-refractivity contribution >= 4 is 11.6 Å². The number of amides is 1. The fourth-order valence-electron chi connectivity index (χ4n) is 2.54. The first-order valence-corrected chi connectivity index (χ1v) is 7.83. The third kappa shape index (κ3) is 3.99. The Labute approximate surface area is 122 Å². The predicted molar refractivity (Wildman–Crippen MR) is 84.3 cm³/mol. The molecule has 1 aliphatic rings. The normalized spacial score (nSPS) is 14.7. The lowest BCUT2D eigenvalue weighted by molar-refractivity contribution is 0.0949. The van der Waals surface area contributed by atoms with Crippen LogP contribution >= 0.6 is 0 Å². The summed E-state index contributed by atoms with van der Waals surface area (Å²) in [5, 5.41) is 6.40. The zero-order valence-corrected chi connectivity index (χ0v) is 12.7. The minimum atomic E-state index is 0.0504. The first-order valence-electron chi connectivity index (χ1n) is 7.83. The Morgan fingerprint density at radius 1 is 1.30 bits per heavy atom. The summed E-state index contributed by atoms with van der Waals surface area (Å²) < 4.78 is 0. The van der Waals surface area contributed by atoms with Gasteiger partial charge in [-0.3, -0.25) is 4.79 Å². The second kappa shape index (κ2) is 7.32. The highest BCUT2D eigenvalue weighted by molar-refractivity contribution is 5.94. The molecule has 0 saturated heterocycles. The highest BCUT2D eigenvalue weighted by Gasteiger charge is 2.17. The maximum absolute atomic E-state index is 12.1. The topological polar surface area (TPSA) is 41.1 Å². The summed E-state index contributed by atoms with van der Waals surface area (Å²) in [5.74, 6) is 0.895. The molecule has 1 fully saturated rings. The second-order valence-corrected chi connectivity index (χ2v) is 5.80. The Hall–Kier alpha value is -1.51. The van der Waals surface area contributed by atoms with Gasteiger partial charge >= 0.3 is 0 Å². The highest BCUT2D eigenvalue weighted by Crippen LogP contribution is 2.28. The standard InChI is InChI=1S/C17H26N2O/c1-3-10-18-16-8-7-15(12-13(16)2)17(20)19-11-9-14-5-4-6-14/h7-8,12,14,18H,3-6,9-11H2,1-2H3,(H,19,20). The number of aryl methyl sites for hydroxylation is 1. The average Bonchev–Trinajstić information content (AvgIpc) is 2.40. The van der Waals surface area contributed by atoms with E-state index in [-0.39, 0.29) is 5.91 Å². The van der Waals surface area contributed by atoms with Crippen molar-refractivity contribution < 1.29 is 4.79 Å². The third-order valence-electron chi connectivity index (χ3n) is 4.12. The van der Waals surface area contributed by atoms with E-state index in [1.54, 1.807) is 0 Å². The lowest BCUT2D eigenvalue weighted by atomic mass is 9.83. The van der Waals surface area contributed by atoms with Crippen LogP contribution in [-0.4, -0.2) is 19.0 Å². The summed E-state index contributed by atoms with van der Waals surface area (Å²) in [6.07, 6.45) is 6.27. The van der Waals surface area contributed by atoms with Crippen LogP contribution < -0.4 is 10.6 Å². The quantitative estimate of drug-likeness (QED) is 0.795. The van der Waals surface area contributed by atoms with Crippen molar-refractivity contribution in [2.24, 2.45) is 5.92 Å². The minimum absolute atomic E-state index is 0.0504. The fraction of sp³-hybridized carbons (Fsp3) is 0.588. The van der Waals surface area contributed by atoms with Gasteiger partial charge < -0.3 is 10.6 Å². The van der Waals surface area contributed by atoms with Crippen molar-refractivity contribution in [2.45, 2.75) is 46.0 Å². The summed E-state index contributed by atoms with van der Waals surface area (Å²) >= 11 is 0. The number of rotatable bonds is 7. The van der Waals surface area contributed by atoms with Gasteiger partial charge in [0, 0.05) is 24.3 Å². The van der Waals surface area contributed by atoms with Gasteiger partial charge in [0.05, 0.1) is 0 Å². The maximum Gasteiger partial charge on any atom is 0.251 e. The van der Waals surface area contributed by atoms with Gasteiger partial charge in [0.1, 0.15) is 0 Å². The Morgan fingerprint density at radius 3 is 2.70 bits per heavy atom. The van der Waals surface area contributed by atoms with Crippen molar-refractivity contribution in [3.63, 3.8) is 0 Å². The number of nitrogens with one attached hydrogen (secondary N) is 2. The van der Waals surface area contributed by atoms with Crippen LogP contribution in [0.25, 0.3) is 0 Å². The number of carbonyl (C=O) groups excluding carboxylic acids is 1. The van der Waals surface area contributed by atoms with E-state index in [0.29, 0.717) is 0 Å². The maximum atomic E-state index is 12.1. The molecule has 0 spiro atoms. The lowest BCUT2D eigenvalue weighted by Gasteiger charge is -2.25. The van der Waals surface area contributed by atoms with Gasteiger partial charge in [-0.1, -0.05) is 26.2 Å². The molecule has 0 radical (unpaired) electrons. The molecule has 0 unspecified atom stereocenters. The van der Waals surface area contributed by atoms with E-state index in [4.69, 9.17) is 0 Å². The van der Waals surface area contributed by atoms with Crippen LogP contribution in [0.3, 0.4) is 0 Å². The van der Waals surface area contributed by atoms with Crippen LogP contribution in [0.4, 0.5) is 5.69 Å². The molecule has 1 aromatic carbocycles. The molecule has 2 rings (SSSR count). The molecule has 0 bridgehead atoms. The van der Waals surface area contributed by atoms with E-state index in [1.165, 1.54) is 19.3 Å². The van der Waals surface area contributed by atoms with Crippen molar-refractivity contribution in [3.05, 3.63) is 29.3 Å². The van der Waals surface area contributed by atoms with E-state index >= 15 is 0 Å². The Bertz CT molecular complexity index is 452. The summed E-state index contributed by atoms with van der Waals surface area (Å²) in [5.41, 5.74) is 3.01. The van der Waals surface area contributed by atoms with E-state index in [9.17, 15) is 4.79 Å². The number of benzene rings is 1. The molecule has 0 atom stereocenters. The van der Waals surface area contributed by atoms with Gasteiger partial charge in [0.15, 0.2) is 0 Å². The first-order chi connectivity index (χ1) is 9.70.